The van der Waals surface area contributed by atoms with Gasteiger partial charge in [0.1, 0.15) is 22.7 Å². The Labute approximate surface area is 380 Å². The number of ether oxygens (including phenoxy) is 3. The zero-order valence-corrected chi connectivity index (χ0v) is 39.5. The van der Waals surface area contributed by atoms with E-state index < -0.39 is 23.2 Å². The number of allylic oxidation sites excluding steroid dienone is 5. The fourth-order valence-electron chi connectivity index (χ4n) is 7.57. The lowest BCUT2D eigenvalue weighted by Gasteiger charge is -2.34. The Balaban J connectivity index is 0.000000512. The van der Waals surface area contributed by atoms with E-state index >= 15 is 0 Å². The number of aryl methyl sites for hydroxylation is 1. The number of benzene rings is 3. The average Bonchev–Trinajstić information content (AvgIpc) is 3.52. The van der Waals surface area contributed by atoms with Gasteiger partial charge in [-0.3, -0.25) is 19.2 Å². The van der Waals surface area contributed by atoms with Crippen molar-refractivity contribution >= 4 is 29.5 Å². The van der Waals surface area contributed by atoms with Crippen molar-refractivity contribution in [1.29, 1.82) is 0 Å². The van der Waals surface area contributed by atoms with Crippen LogP contribution in [0.4, 0.5) is 4.79 Å². The third-order valence-corrected chi connectivity index (χ3v) is 11.5. The summed E-state index contributed by atoms with van der Waals surface area (Å²) < 4.78 is 16.3. The first kappa shape index (κ1) is 50.8. The molecule has 3 aromatic rings. The predicted octanol–water partition coefficient (Wildman–Crippen LogP) is 9.51. The van der Waals surface area contributed by atoms with Crippen LogP contribution < -0.4 is 15.4 Å². The standard InChI is InChI=1S/C43H49NO5.C10H20N2O3/c1-30-13-15-37(16-14-30)42(46)38-23-25-44(26-24-38)43(47)41(36-19-21-39(48-4)22-20-36)35-12-8-11-34(17-18-35)31(2)27-40(45)32(3)28-49-29-33-9-6-5-7-10-33;1-9(2,3)15-8(14)12-10(4,5)7(13)11-6/h5-10,12-22,31-32,38,41H,11,23-29H2,1-4H3;1-6H3,(H,11,13)(H,12,14)/t31?,32-,41?;/m1./s1. The van der Waals surface area contributed by atoms with Gasteiger partial charge in [0, 0.05) is 44.0 Å². The maximum Gasteiger partial charge on any atom is 0.408 e. The van der Waals surface area contributed by atoms with Crippen LogP contribution in [0.15, 0.2) is 114 Å². The summed E-state index contributed by atoms with van der Waals surface area (Å²) in [6.07, 6.45) is 10.1. The molecule has 64 heavy (non-hydrogen) atoms. The summed E-state index contributed by atoms with van der Waals surface area (Å²) in [4.78, 5) is 65.3. The number of hydrogen-bond donors (Lipinski definition) is 2. The molecule has 3 amide bonds. The average molecular weight is 876 g/mol. The van der Waals surface area contributed by atoms with Crippen molar-refractivity contribution in [3.8, 4) is 5.75 Å². The number of rotatable bonds is 16. The van der Waals surface area contributed by atoms with Crippen LogP contribution in [-0.2, 0) is 30.5 Å². The fraction of sp³-hybridized carbons (Fsp3) is 0.453. The van der Waals surface area contributed by atoms with E-state index in [4.69, 9.17) is 14.2 Å². The molecule has 0 radical (unpaired) electrons. The van der Waals surface area contributed by atoms with Crippen molar-refractivity contribution in [3.63, 3.8) is 0 Å². The minimum Gasteiger partial charge on any atom is -0.497 e. The Morgan fingerprint density at radius 1 is 0.844 bits per heavy atom. The first-order valence-electron chi connectivity index (χ1n) is 22.3. The van der Waals surface area contributed by atoms with Crippen LogP contribution in [-0.4, -0.2) is 79.4 Å². The van der Waals surface area contributed by atoms with Gasteiger partial charge in [0.05, 0.1) is 26.2 Å². The van der Waals surface area contributed by atoms with E-state index in [9.17, 15) is 24.0 Å². The molecule has 0 spiro atoms. The first-order valence-corrected chi connectivity index (χ1v) is 22.3. The van der Waals surface area contributed by atoms with Gasteiger partial charge in [-0.2, -0.15) is 0 Å². The number of carbonyl (C=O) groups excluding carboxylic acids is 5. The lowest BCUT2D eigenvalue weighted by molar-refractivity contribution is -0.133. The lowest BCUT2D eigenvalue weighted by atomic mass is 9.85. The summed E-state index contributed by atoms with van der Waals surface area (Å²) in [5.41, 5.74) is 4.38. The zero-order valence-electron chi connectivity index (χ0n) is 39.5. The van der Waals surface area contributed by atoms with Crippen molar-refractivity contribution in [3.05, 3.63) is 137 Å². The number of likely N-dealkylation sites (N-methyl/N-ethyl adjacent to an activating group) is 1. The van der Waals surface area contributed by atoms with Crippen LogP contribution in [0.25, 0.3) is 0 Å². The number of nitrogens with one attached hydrogen (secondary N) is 2. The second kappa shape index (κ2) is 23.8. The minimum atomic E-state index is -0.975. The van der Waals surface area contributed by atoms with Crippen molar-refractivity contribution in [2.75, 3.05) is 33.9 Å². The summed E-state index contributed by atoms with van der Waals surface area (Å²) in [7, 11) is 3.15. The Hall–Kier alpha value is -5.81. The molecule has 3 aromatic carbocycles. The third kappa shape index (κ3) is 15.5. The second-order valence-electron chi connectivity index (χ2n) is 18.4. The van der Waals surface area contributed by atoms with Crippen LogP contribution in [0.1, 0.15) is 107 Å². The molecular weight excluding hydrogens is 807 g/mol. The maximum absolute atomic E-state index is 14.3. The van der Waals surface area contributed by atoms with Crippen LogP contribution >= 0.6 is 0 Å². The van der Waals surface area contributed by atoms with E-state index in [-0.39, 0.29) is 41.1 Å². The molecule has 3 atom stereocenters. The molecule has 0 aromatic heterocycles. The number of alkyl carbamates (subject to hydrolysis) is 1. The number of amides is 3. The summed E-state index contributed by atoms with van der Waals surface area (Å²) >= 11 is 0. The molecule has 1 aliphatic carbocycles. The number of piperidine rings is 1. The number of methoxy groups -OCH3 is 1. The van der Waals surface area contributed by atoms with E-state index in [1.165, 1.54) is 7.05 Å². The van der Waals surface area contributed by atoms with Gasteiger partial charge < -0.3 is 29.7 Å². The van der Waals surface area contributed by atoms with Crippen LogP contribution in [0.3, 0.4) is 0 Å². The Bertz CT molecular complexity index is 2120. The molecule has 1 aliphatic heterocycles. The number of carbonyl (C=O) groups is 5. The van der Waals surface area contributed by atoms with E-state index in [1.54, 1.807) is 41.7 Å². The Morgan fingerprint density at radius 2 is 1.48 bits per heavy atom. The third-order valence-electron chi connectivity index (χ3n) is 11.5. The summed E-state index contributed by atoms with van der Waals surface area (Å²) in [5.74, 6) is 0.132. The topological polar surface area (TPSA) is 140 Å². The summed E-state index contributed by atoms with van der Waals surface area (Å²) in [6.45, 7) is 16.5. The van der Waals surface area contributed by atoms with Crippen LogP contribution in [0, 0.1) is 24.7 Å². The number of nitrogens with zero attached hydrogens (tertiary/aromatic N) is 1. The monoisotopic (exact) mass is 876 g/mol. The van der Waals surface area contributed by atoms with Gasteiger partial charge in [-0.1, -0.05) is 116 Å². The van der Waals surface area contributed by atoms with E-state index in [1.807, 2.05) is 104 Å². The normalized spacial score (nSPS) is 15.8. The van der Waals surface area contributed by atoms with E-state index in [0.29, 0.717) is 52.0 Å². The highest BCUT2D eigenvalue weighted by Crippen LogP contribution is 2.34. The second-order valence-corrected chi connectivity index (χ2v) is 18.4. The molecule has 2 unspecified atom stereocenters. The molecule has 11 nitrogen and oxygen atoms in total. The van der Waals surface area contributed by atoms with E-state index in [0.717, 1.165) is 39.1 Å². The molecule has 1 fully saturated rings. The van der Waals surface area contributed by atoms with Crippen LogP contribution in [0.5, 0.6) is 5.75 Å². The fourth-order valence-corrected chi connectivity index (χ4v) is 7.57. The molecule has 0 bridgehead atoms. The van der Waals surface area contributed by atoms with Gasteiger partial charge in [0.15, 0.2) is 5.78 Å². The highest BCUT2D eigenvalue weighted by Gasteiger charge is 2.34. The minimum absolute atomic E-state index is 0.0340. The van der Waals surface area contributed by atoms with Gasteiger partial charge in [-0.15, -0.1) is 0 Å². The quantitative estimate of drug-likeness (QED) is 0.136. The van der Waals surface area contributed by atoms with Crippen molar-refractivity contribution < 1.29 is 38.2 Å². The number of hydrogen-bond acceptors (Lipinski definition) is 8. The number of likely N-dealkylation sites (tertiary alicyclic amines) is 1. The largest absolute Gasteiger partial charge is 0.497 e. The Kier molecular flexibility index (Phi) is 18.9. The predicted molar refractivity (Wildman–Crippen MR) is 252 cm³/mol. The van der Waals surface area contributed by atoms with Crippen molar-refractivity contribution in [2.45, 2.75) is 105 Å². The molecule has 11 heteroatoms. The summed E-state index contributed by atoms with van der Waals surface area (Å²) in [6, 6.07) is 25.4. The number of Topliss-reactive ketones (excluding diaryl/α,β-unsaturated/α-hetero) is 2. The maximum atomic E-state index is 14.3. The molecule has 1 heterocycles. The van der Waals surface area contributed by atoms with Crippen LogP contribution in [0.2, 0.25) is 0 Å². The van der Waals surface area contributed by atoms with Gasteiger partial charge in [0.2, 0.25) is 11.8 Å². The van der Waals surface area contributed by atoms with Gasteiger partial charge >= 0.3 is 6.09 Å². The molecule has 5 rings (SSSR count). The lowest BCUT2D eigenvalue weighted by Crippen LogP contribution is -2.54. The molecule has 2 aliphatic rings. The molecule has 1 saturated heterocycles. The summed E-state index contributed by atoms with van der Waals surface area (Å²) in [5, 5.41) is 4.95. The molecule has 2 N–H and O–H groups in total. The van der Waals surface area contributed by atoms with Crippen molar-refractivity contribution in [2.24, 2.45) is 17.8 Å². The highest BCUT2D eigenvalue weighted by atomic mass is 16.6. The first-order chi connectivity index (χ1) is 30.3. The Morgan fingerprint density at radius 3 is 2.08 bits per heavy atom. The van der Waals surface area contributed by atoms with E-state index in [2.05, 4.69) is 35.8 Å². The molecule has 344 valence electrons. The molecule has 0 saturated carbocycles. The van der Waals surface area contributed by atoms with Gasteiger partial charge in [-0.05, 0) is 95.6 Å². The van der Waals surface area contributed by atoms with Gasteiger partial charge in [-0.25, -0.2) is 4.79 Å². The van der Waals surface area contributed by atoms with Gasteiger partial charge in [0.25, 0.3) is 0 Å². The SMILES string of the molecule is CNC(=O)C(C)(C)NC(=O)OC(C)(C)C.COc1ccc(C(C(=O)N2CCC(C(=O)c3ccc(C)cc3)CC2)C2=CC=C(C(C)CC(=O)[C@H](C)COCc3ccccc3)CC=C2)cc1. The highest BCUT2D eigenvalue weighted by molar-refractivity contribution is 5.98. The zero-order chi connectivity index (χ0) is 47.0. The smallest absolute Gasteiger partial charge is 0.408 e. The molecular formula is C53H69N3O8. The number of ketones is 2. The van der Waals surface area contributed by atoms with Crippen molar-refractivity contribution in [1.82, 2.24) is 15.5 Å².